The molecule has 1 aromatic heterocycles. The largest absolute Gasteiger partial charge is 0.352 e. The van der Waals surface area contributed by atoms with Crippen LogP contribution in [-0.4, -0.2) is 46.2 Å². The van der Waals surface area contributed by atoms with E-state index in [0.717, 1.165) is 38.8 Å². The maximum absolute atomic E-state index is 12.6. The lowest BCUT2D eigenvalue weighted by atomic mass is 9.91. The van der Waals surface area contributed by atoms with E-state index in [-0.39, 0.29) is 11.9 Å². The number of likely N-dealkylation sites (tertiary alicyclic amines) is 1. The second-order valence-electron chi connectivity index (χ2n) is 7.21. The predicted octanol–water partition coefficient (Wildman–Crippen LogP) is 2.82. The minimum Gasteiger partial charge on any atom is -0.352 e. The van der Waals surface area contributed by atoms with E-state index in [2.05, 4.69) is 27.3 Å². The fourth-order valence-corrected chi connectivity index (χ4v) is 4.02. The molecule has 1 amide bonds. The SMILES string of the molecule is C[C@H](C(=O)NC1CCCCCC1)N1CCC(c2cn[nH]c2)CC1. The van der Waals surface area contributed by atoms with Crippen LogP contribution in [-0.2, 0) is 4.79 Å². The lowest BCUT2D eigenvalue weighted by Crippen LogP contribution is -2.50. The second kappa shape index (κ2) is 7.95. The van der Waals surface area contributed by atoms with Gasteiger partial charge in [-0.3, -0.25) is 14.8 Å². The van der Waals surface area contributed by atoms with Crippen LogP contribution in [0.3, 0.4) is 0 Å². The van der Waals surface area contributed by atoms with Gasteiger partial charge < -0.3 is 5.32 Å². The van der Waals surface area contributed by atoms with Crippen molar-refractivity contribution >= 4 is 5.91 Å². The molecule has 1 saturated carbocycles. The fourth-order valence-electron chi connectivity index (χ4n) is 4.02. The van der Waals surface area contributed by atoms with Gasteiger partial charge in [-0.05, 0) is 57.2 Å². The van der Waals surface area contributed by atoms with Gasteiger partial charge in [0.25, 0.3) is 0 Å². The number of hydrogen-bond donors (Lipinski definition) is 2. The summed E-state index contributed by atoms with van der Waals surface area (Å²) in [5.74, 6) is 0.806. The second-order valence-corrected chi connectivity index (χ2v) is 7.21. The van der Waals surface area contributed by atoms with Crippen molar-refractivity contribution in [3.05, 3.63) is 18.0 Å². The van der Waals surface area contributed by atoms with Crippen LogP contribution in [0.15, 0.2) is 12.4 Å². The molecule has 0 bridgehead atoms. The maximum atomic E-state index is 12.6. The lowest BCUT2D eigenvalue weighted by Gasteiger charge is -2.35. The third kappa shape index (κ3) is 4.34. The molecule has 5 nitrogen and oxygen atoms in total. The normalized spacial score (nSPS) is 23.3. The summed E-state index contributed by atoms with van der Waals surface area (Å²) >= 11 is 0. The molecule has 23 heavy (non-hydrogen) atoms. The molecular weight excluding hydrogens is 288 g/mol. The Kier molecular flexibility index (Phi) is 5.70. The molecule has 5 heteroatoms. The first-order valence-electron chi connectivity index (χ1n) is 9.27. The summed E-state index contributed by atoms with van der Waals surface area (Å²) in [5, 5.41) is 10.3. The summed E-state index contributed by atoms with van der Waals surface area (Å²) in [7, 11) is 0. The Morgan fingerprint density at radius 2 is 1.91 bits per heavy atom. The number of piperidine rings is 1. The van der Waals surface area contributed by atoms with Crippen molar-refractivity contribution in [1.29, 1.82) is 0 Å². The maximum Gasteiger partial charge on any atom is 0.237 e. The van der Waals surface area contributed by atoms with Gasteiger partial charge in [-0.15, -0.1) is 0 Å². The Morgan fingerprint density at radius 3 is 2.52 bits per heavy atom. The van der Waals surface area contributed by atoms with E-state index in [1.54, 1.807) is 0 Å². The number of nitrogens with one attached hydrogen (secondary N) is 2. The third-order valence-electron chi connectivity index (χ3n) is 5.65. The highest BCUT2D eigenvalue weighted by Gasteiger charge is 2.28. The van der Waals surface area contributed by atoms with Gasteiger partial charge in [-0.1, -0.05) is 25.7 Å². The van der Waals surface area contributed by atoms with Gasteiger partial charge in [-0.2, -0.15) is 5.10 Å². The standard InChI is InChI=1S/C18H30N4O/c1-14(18(23)21-17-6-4-2-3-5-7-17)22-10-8-15(9-11-22)16-12-19-20-13-16/h12-15,17H,2-11H2,1H3,(H,19,20)(H,21,23)/t14-/m1/s1. The molecule has 0 unspecified atom stereocenters. The summed E-state index contributed by atoms with van der Waals surface area (Å²) in [6.07, 6.45) is 13.6. The van der Waals surface area contributed by atoms with Gasteiger partial charge in [0.2, 0.25) is 5.91 Å². The van der Waals surface area contributed by atoms with Gasteiger partial charge >= 0.3 is 0 Å². The molecule has 2 heterocycles. The number of amides is 1. The van der Waals surface area contributed by atoms with Gasteiger partial charge in [0.1, 0.15) is 0 Å². The molecule has 0 radical (unpaired) electrons. The van der Waals surface area contributed by atoms with Crippen molar-refractivity contribution in [2.75, 3.05) is 13.1 Å². The molecule has 3 rings (SSSR count). The Labute approximate surface area is 139 Å². The minimum absolute atomic E-state index is 0.0106. The number of nitrogens with zero attached hydrogens (tertiary/aromatic N) is 2. The van der Waals surface area contributed by atoms with Crippen molar-refractivity contribution in [1.82, 2.24) is 20.4 Å². The number of hydrogen-bond acceptors (Lipinski definition) is 3. The third-order valence-corrected chi connectivity index (χ3v) is 5.65. The fraction of sp³-hybridized carbons (Fsp3) is 0.778. The molecule has 0 spiro atoms. The van der Waals surface area contributed by atoms with Crippen LogP contribution < -0.4 is 5.32 Å². The molecular formula is C18H30N4O. The van der Waals surface area contributed by atoms with E-state index in [1.165, 1.54) is 31.2 Å². The van der Waals surface area contributed by atoms with E-state index in [1.807, 2.05) is 12.4 Å². The van der Waals surface area contributed by atoms with Crippen LogP contribution >= 0.6 is 0 Å². The van der Waals surface area contributed by atoms with Crippen LogP contribution in [0.4, 0.5) is 0 Å². The average molecular weight is 318 g/mol. The quantitative estimate of drug-likeness (QED) is 0.839. The topological polar surface area (TPSA) is 61.0 Å². The van der Waals surface area contributed by atoms with Crippen molar-refractivity contribution in [3.63, 3.8) is 0 Å². The van der Waals surface area contributed by atoms with Crippen molar-refractivity contribution in [2.24, 2.45) is 0 Å². The zero-order valence-electron chi connectivity index (χ0n) is 14.3. The average Bonchev–Trinajstić information content (AvgIpc) is 3.00. The van der Waals surface area contributed by atoms with E-state index in [9.17, 15) is 4.79 Å². The number of aromatic nitrogens is 2. The van der Waals surface area contributed by atoms with Crippen molar-refractivity contribution < 1.29 is 4.79 Å². The van der Waals surface area contributed by atoms with Gasteiger partial charge in [-0.25, -0.2) is 0 Å². The Hall–Kier alpha value is -1.36. The molecule has 1 aliphatic carbocycles. The summed E-state index contributed by atoms with van der Waals surface area (Å²) in [6.45, 7) is 4.05. The van der Waals surface area contributed by atoms with Gasteiger partial charge in [0, 0.05) is 12.2 Å². The summed E-state index contributed by atoms with van der Waals surface area (Å²) in [5.41, 5.74) is 1.31. The smallest absolute Gasteiger partial charge is 0.237 e. The molecule has 1 saturated heterocycles. The van der Waals surface area contributed by atoms with Crippen LogP contribution in [0, 0.1) is 0 Å². The molecule has 2 N–H and O–H groups in total. The van der Waals surface area contributed by atoms with Crippen molar-refractivity contribution in [3.8, 4) is 0 Å². The first-order valence-corrected chi connectivity index (χ1v) is 9.27. The van der Waals surface area contributed by atoms with Gasteiger partial charge in [0.05, 0.1) is 12.2 Å². The number of carbonyl (C=O) groups is 1. The molecule has 1 aromatic rings. The number of aromatic amines is 1. The number of rotatable bonds is 4. The first-order chi connectivity index (χ1) is 11.2. The molecule has 128 valence electrons. The number of carbonyl (C=O) groups excluding carboxylic acids is 1. The number of H-pyrrole nitrogens is 1. The molecule has 2 aliphatic rings. The lowest BCUT2D eigenvalue weighted by molar-refractivity contribution is -0.127. The molecule has 1 aliphatic heterocycles. The Balaban J connectivity index is 1.46. The highest BCUT2D eigenvalue weighted by molar-refractivity contribution is 5.81. The predicted molar refractivity (Wildman–Crippen MR) is 91.2 cm³/mol. The Morgan fingerprint density at radius 1 is 1.22 bits per heavy atom. The highest BCUT2D eigenvalue weighted by atomic mass is 16.2. The summed E-state index contributed by atoms with van der Waals surface area (Å²) in [4.78, 5) is 14.9. The van der Waals surface area contributed by atoms with E-state index in [0.29, 0.717) is 12.0 Å². The molecule has 0 aromatic carbocycles. The van der Waals surface area contributed by atoms with E-state index < -0.39 is 0 Å². The van der Waals surface area contributed by atoms with E-state index >= 15 is 0 Å². The van der Waals surface area contributed by atoms with Crippen molar-refractivity contribution in [2.45, 2.75) is 76.3 Å². The van der Waals surface area contributed by atoms with Crippen LogP contribution in [0.25, 0.3) is 0 Å². The van der Waals surface area contributed by atoms with Crippen LogP contribution in [0.2, 0.25) is 0 Å². The van der Waals surface area contributed by atoms with E-state index in [4.69, 9.17) is 0 Å². The summed E-state index contributed by atoms with van der Waals surface area (Å²) in [6, 6.07) is 0.388. The highest BCUT2D eigenvalue weighted by Crippen LogP contribution is 2.28. The molecule has 1 atom stereocenters. The van der Waals surface area contributed by atoms with Gasteiger partial charge in [0.15, 0.2) is 0 Å². The van der Waals surface area contributed by atoms with Crippen LogP contribution in [0.5, 0.6) is 0 Å². The monoisotopic (exact) mass is 318 g/mol. The Bertz CT molecular complexity index is 471. The molecule has 2 fully saturated rings. The zero-order valence-corrected chi connectivity index (χ0v) is 14.3. The minimum atomic E-state index is -0.0106. The van der Waals surface area contributed by atoms with Crippen LogP contribution in [0.1, 0.15) is 69.8 Å². The summed E-state index contributed by atoms with van der Waals surface area (Å²) < 4.78 is 0. The first kappa shape index (κ1) is 16.5. The zero-order chi connectivity index (χ0) is 16.1.